The topological polar surface area (TPSA) is 71.2 Å². The van der Waals surface area contributed by atoms with Crippen LogP contribution in [-0.2, 0) is 13.0 Å². The zero-order valence-electron chi connectivity index (χ0n) is 14.1. The molecule has 0 N–H and O–H groups in total. The molecule has 23 heavy (non-hydrogen) atoms. The van der Waals surface area contributed by atoms with Gasteiger partial charge in [0.25, 0.3) is 0 Å². The molecule has 1 saturated heterocycles. The third kappa shape index (κ3) is 3.92. The van der Waals surface area contributed by atoms with E-state index in [0.29, 0.717) is 0 Å². The van der Waals surface area contributed by atoms with Crippen molar-refractivity contribution in [1.82, 2.24) is 29.9 Å². The van der Waals surface area contributed by atoms with Gasteiger partial charge in [-0.2, -0.15) is 4.98 Å². The molecule has 1 fully saturated rings. The van der Waals surface area contributed by atoms with Crippen molar-refractivity contribution >= 4 is 0 Å². The molecule has 2 aromatic heterocycles. The number of nitrogens with zero attached hydrogens (tertiary/aromatic N) is 6. The first kappa shape index (κ1) is 16.0. The smallest absolute Gasteiger partial charge is 0.243 e. The molecule has 0 radical (unpaired) electrons. The molecule has 0 unspecified atom stereocenters. The lowest BCUT2D eigenvalue weighted by molar-refractivity contribution is 0.0838. The number of aryl methyl sites for hydroxylation is 2. The van der Waals surface area contributed by atoms with Gasteiger partial charge in [-0.1, -0.05) is 12.1 Å². The van der Waals surface area contributed by atoms with Crippen LogP contribution in [0.2, 0.25) is 0 Å². The molecule has 3 heterocycles. The van der Waals surface area contributed by atoms with Gasteiger partial charge in [0.15, 0.2) is 5.82 Å². The third-order valence-electron chi connectivity index (χ3n) is 4.33. The monoisotopic (exact) mass is 316 g/mol. The standard InChI is InChI=1S/C16H24N6O/c1-4-15-19-16(23-20-15)13(3)22-7-5-21(6-8-22)11-14-10-17-12(2)9-18-14/h9-10,13H,4-8,11H2,1-3H3/t13-/m0/s1. The van der Waals surface area contributed by atoms with Crippen LogP contribution >= 0.6 is 0 Å². The summed E-state index contributed by atoms with van der Waals surface area (Å²) >= 11 is 0. The molecule has 1 atom stereocenters. The second-order valence-electron chi connectivity index (χ2n) is 6.04. The van der Waals surface area contributed by atoms with E-state index in [-0.39, 0.29) is 6.04 Å². The predicted octanol–water partition coefficient (Wildman–Crippen LogP) is 1.61. The van der Waals surface area contributed by atoms with Gasteiger partial charge < -0.3 is 4.52 Å². The molecule has 0 saturated carbocycles. The Hall–Kier alpha value is -1.86. The highest BCUT2D eigenvalue weighted by molar-refractivity contribution is 5.01. The van der Waals surface area contributed by atoms with Gasteiger partial charge in [0.05, 0.1) is 17.4 Å². The zero-order valence-corrected chi connectivity index (χ0v) is 14.1. The number of hydrogen-bond acceptors (Lipinski definition) is 7. The van der Waals surface area contributed by atoms with Crippen LogP contribution in [0.3, 0.4) is 0 Å². The maximum absolute atomic E-state index is 5.37. The average molecular weight is 316 g/mol. The van der Waals surface area contributed by atoms with Crippen LogP contribution < -0.4 is 0 Å². The molecule has 0 spiro atoms. The first-order valence-electron chi connectivity index (χ1n) is 8.22. The van der Waals surface area contributed by atoms with E-state index in [0.717, 1.165) is 62.2 Å². The molecule has 3 rings (SSSR count). The molecule has 0 aliphatic carbocycles. The van der Waals surface area contributed by atoms with E-state index >= 15 is 0 Å². The number of rotatable bonds is 5. The summed E-state index contributed by atoms with van der Waals surface area (Å²) in [6.45, 7) is 11.0. The Morgan fingerprint density at radius 1 is 1.17 bits per heavy atom. The minimum Gasteiger partial charge on any atom is -0.338 e. The van der Waals surface area contributed by atoms with E-state index in [1.54, 1.807) is 0 Å². The molecular weight excluding hydrogens is 292 g/mol. The molecule has 7 heteroatoms. The molecular formula is C16H24N6O. The van der Waals surface area contributed by atoms with E-state index < -0.39 is 0 Å². The van der Waals surface area contributed by atoms with Gasteiger partial charge in [0.2, 0.25) is 5.89 Å². The van der Waals surface area contributed by atoms with Gasteiger partial charge in [-0.3, -0.25) is 19.8 Å². The summed E-state index contributed by atoms with van der Waals surface area (Å²) in [7, 11) is 0. The fraction of sp³-hybridized carbons (Fsp3) is 0.625. The first-order valence-corrected chi connectivity index (χ1v) is 8.22. The van der Waals surface area contributed by atoms with Crippen molar-refractivity contribution < 1.29 is 4.52 Å². The lowest BCUT2D eigenvalue weighted by Gasteiger charge is -2.36. The van der Waals surface area contributed by atoms with Crippen molar-refractivity contribution in [3.63, 3.8) is 0 Å². The summed E-state index contributed by atoms with van der Waals surface area (Å²) in [5, 5.41) is 3.99. The van der Waals surface area contributed by atoms with Gasteiger partial charge in [0.1, 0.15) is 0 Å². The number of aromatic nitrogens is 4. The Labute approximate surface area is 136 Å². The van der Waals surface area contributed by atoms with Crippen molar-refractivity contribution in [3.05, 3.63) is 35.5 Å². The molecule has 7 nitrogen and oxygen atoms in total. The van der Waals surface area contributed by atoms with Crippen molar-refractivity contribution in [2.45, 2.75) is 39.8 Å². The van der Waals surface area contributed by atoms with Crippen LogP contribution in [0.1, 0.15) is 43.0 Å². The SMILES string of the molecule is CCc1noc([C@H](C)N2CCN(Cc3cnc(C)cn3)CC2)n1. The van der Waals surface area contributed by atoms with Crippen LogP contribution in [0.15, 0.2) is 16.9 Å². The van der Waals surface area contributed by atoms with Gasteiger partial charge in [-0.05, 0) is 13.8 Å². The molecule has 1 aliphatic heterocycles. The summed E-state index contributed by atoms with van der Waals surface area (Å²) < 4.78 is 5.37. The Bertz CT molecular complexity index is 618. The summed E-state index contributed by atoms with van der Waals surface area (Å²) in [5.74, 6) is 1.50. The molecule has 124 valence electrons. The zero-order chi connectivity index (χ0) is 16.2. The first-order chi connectivity index (χ1) is 11.2. The lowest BCUT2D eigenvalue weighted by Crippen LogP contribution is -2.46. The van der Waals surface area contributed by atoms with Crippen molar-refractivity contribution in [2.24, 2.45) is 0 Å². The lowest BCUT2D eigenvalue weighted by atomic mass is 10.2. The summed E-state index contributed by atoms with van der Waals surface area (Å²) in [4.78, 5) is 18.0. The van der Waals surface area contributed by atoms with Crippen molar-refractivity contribution in [2.75, 3.05) is 26.2 Å². The van der Waals surface area contributed by atoms with Crippen molar-refractivity contribution in [3.8, 4) is 0 Å². The highest BCUT2D eigenvalue weighted by Gasteiger charge is 2.25. The Morgan fingerprint density at radius 2 is 1.96 bits per heavy atom. The normalized spacial score (nSPS) is 18.2. The van der Waals surface area contributed by atoms with E-state index in [9.17, 15) is 0 Å². The maximum Gasteiger partial charge on any atom is 0.243 e. The Kier molecular flexibility index (Phi) is 4.97. The maximum atomic E-state index is 5.37. The molecule has 0 amide bonds. The Morgan fingerprint density at radius 3 is 2.57 bits per heavy atom. The summed E-state index contributed by atoms with van der Waals surface area (Å²) in [5.41, 5.74) is 1.99. The molecule has 0 bridgehead atoms. The van der Waals surface area contributed by atoms with Gasteiger partial charge in [-0.25, -0.2) is 0 Å². The average Bonchev–Trinajstić information content (AvgIpc) is 3.06. The highest BCUT2D eigenvalue weighted by atomic mass is 16.5. The van der Waals surface area contributed by atoms with E-state index in [1.165, 1.54) is 0 Å². The Balaban J connectivity index is 1.52. The van der Waals surface area contributed by atoms with Gasteiger partial charge in [-0.15, -0.1) is 0 Å². The number of hydrogen-bond donors (Lipinski definition) is 0. The predicted molar refractivity (Wildman–Crippen MR) is 85.7 cm³/mol. The third-order valence-corrected chi connectivity index (χ3v) is 4.33. The largest absolute Gasteiger partial charge is 0.338 e. The van der Waals surface area contributed by atoms with E-state index in [1.807, 2.05) is 26.2 Å². The highest BCUT2D eigenvalue weighted by Crippen LogP contribution is 2.20. The van der Waals surface area contributed by atoms with Crippen LogP contribution in [0.5, 0.6) is 0 Å². The molecule has 0 aromatic carbocycles. The van der Waals surface area contributed by atoms with Crippen LogP contribution in [0.4, 0.5) is 0 Å². The second kappa shape index (κ2) is 7.14. The fourth-order valence-electron chi connectivity index (χ4n) is 2.78. The van der Waals surface area contributed by atoms with Crippen LogP contribution in [0, 0.1) is 6.92 Å². The van der Waals surface area contributed by atoms with Crippen molar-refractivity contribution in [1.29, 1.82) is 0 Å². The summed E-state index contributed by atoms with van der Waals surface area (Å²) in [6.07, 6.45) is 4.51. The van der Waals surface area contributed by atoms with Gasteiger partial charge in [0, 0.05) is 51.5 Å². The molecule has 1 aliphatic rings. The number of piperazine rings is 1. The van der Waals surface area contributed by atoms with E-state index in [2.05, 4.69) is 36.8 Å². The fourth-order valence-corrected chi connectivity index (χ4v) is 2.78. The van der Waals surface area contributed by atoms with E-state index in [4.69, 9.17) is 4.52 Å². The molecule has 2 aromatic rings. The quantitative estimate of drug-likeness (QED) is 0.830. The second-order valence-corrected chi connectivity index (χ2v) is 6.04. The minimum absolute atomic E-state index is 0.170. The van der Waals surface area contributed by atoms with Crippen LogP contribution in [-0.4, -0.2) is 56.1 Å². The summed E-state index contributed by atoms with van der Waals surface area (Å²) in [6, 6.07) is 0.170. The minimum atomic E-state index is 0.170. The van der Waals surface area contributed by atoms with Crippen LogP contribution in [0.25, 0.3) is 0 Å². The van der Waals surface area contributed by atoms with Gasteiger partial charge >= 0.3 is 0 Å².